The lowest BCUT2D eigenvalue weighted by Gasteiger charge is -2.39. The van der Waals surface area contributed by atoms with Crippen molar-refractivity contribution in [3.63, 3.8) is 0 Å². The van der Waals surface area contributed by atoms with Crippen LogP contribution in [0.2, 0.25) is 0 Å². The van der Waals surface area contributed by atoms with Crippen molar-refractivity contribution in [3.8, 4) is 0 Å². The molecule has 70 valence electrons. The Balaban J connectivity index is 2.87. The minimum absolute atomic E-state index is 0.00470. The Morgan fingerprint density at radius 3 is 2.33 bits per heavy atom. The summed E-state index contributed by atoms with van der Waals surface area (Å²) in [4.78, 5) is 11.8. The van der Waals surface area contributed by atoms with Crippen LogP contribution in [0.4, 0.5) is 0 Å². The van der Waals surface area contributed by atoms with Crippen LogP contribution in [-0.4, -0.2) is 17.5 Å². The van der Waals surface area contributed by atoms with Crippen molar-refractivity contribution in [2.45, 2.75) is 40.0 Å². The maximum Gasteiger partial charge on any atom is 0.146 e. The van der Waals surface area contributed by atoms with Crippen LogP contribution in [0, 0.1) is 10.8 Å². The van der Waals surface area contributed by atoms with Crippen LogP contribution in [0.1, 0.15) is 40.0 Å². The summed E-state index contributed by atoms with van der Waals surface area (Å²) in [6.45, 7) is 5.82. The van der Waals surface area contributed by atoms with Gasteiger partial charge < -0.3 is 5.11 Å². The van der Waals surface area contributed by atoms with E-state index in [1.165, 1.54) is 0 Å². The topological polar surface area (TPSA) is 37.3 Å². The molecule has 0 spiro atoms. The second kappa shape index (κ2) is 2.84. The fourth-order valence-corrected chi connectivity index (χ4v) is 2.12. The number of hydrogen-bond acceptors (Lipinski definition) is 2. The number of rotatable bonds is 1. The van der Waals surface area contributed by atoms with Gasteiger partial charge in [-0.2, -0.15) is 0 Å². The quantitative estimate of drug-likeness (QED) is 0.651. The Kier molecular flexibility index (Phi) is 2.30. The molecule has 1 fully saturated rings. The predicted molar refractivity (Wildman–Crippen MR) is 47.8 cm³/mol. The van der Waals surface area contributed by atoms with Gasteiger partial charge >= 0.3 is 0 Å². The highest BCUT2D eigenvalue weighted by Crippen LogP contribution is 2.42. The summed E-state index contributed by atoms with van der Waals surface area (Å²) in [7, 11) is 0. The van der Waals surface area contributed by atoms with Gasteiger partial charge in [0.25, 0.3) is 0 Å². The molecule has 1 rings (SSSR count). The minimum Gasteiger partial charge on any atom is -0.395 e. The summed E-state index contributed by atoms with van der Waals surface area (Å²) in [5.41, 5.74) is -0.697. The normalized spacial score (nSPS) is 35.2. The van der Waals surface area contributed by atoms with E-state index >= 15 is 0 Å². The van der Waals surface area contributed by atoms with Gasteiger partial charge in [0.05, 0.1) is 6.61 Å². The first-order valence-corrected chi connectivity index (χ1v) is 4.58. The number of aliphatic hydroxyl groups is 1. The zero-order valence-electron chi connectivity index (χ0n) is 8.18. The third kappa shape index (κ3) is 1.40. The summed E-state index contributed by atoms with van der Waals surface area (Å²) < 4.78 is 0. The van der Waals surface area contributed by atoms with Crippen LogP contribution in [0.15, 0.2) is 0 Å². The van der Waals surface area contributed by atoms with E-state index in [0.29, 0.717) is 0 Å². The molecule has 0 aliphatic heterocycles. The zero-order valence-corrected chi connectivity index (χ0v) is 8.18. The second-order valence-corrected chi connectivity index (χ2v) is 4.79. The van der Waals surface area contributed by atoms with Crippen LogP contribution in [0.5, 0.6) is 0 Å². The van der Waals surface area contributed by atoms with Gasteiger partial charge in [0, 0.05) is 10.8 Å². The third-order valence-electron chi connectivity index (χ3n) is 3.04. The summed E-state index contributed by atoms with van der Waals surface area (Å²) >= 11 is 0. The largest absolute Gasteiger partial charge is 0.395 e. The number of carbonyl (C=O) groups excluding carboxylic acids is 1. The lowest BCUT2D eigenvalue weighted by molar-refractivity contribution is -0.143. The Hall–Kier alpha value is -0.370. The summed E-state index contributed by atoms with van der Waals surface area (Å²) in [6, 6.07) is 0. The molecule has 1 unspecified atom stereocenters. The Morgan fingerprint density at radius 1 is 1.33 bits per heavy atom. The number of Topliss-reactive ketones (excluding diaryl/α,β-unsaturated/α-hetero) is 1. The van der Waals surface area contributed by atoms with Gasteiger partial charge in [-0.05, 0) is 12.8 Å². The molecule has 2 nitrogen and oxygen atoms in total. The first kappa shape index (κ1) is 9.72. The second-order valence-electron chi connectivity index (χ2n) is 4.79. The molecule has 1 aliphatic rings. The smallest absolute Gasteiger partial charge is 0.146 e. The third-order valence-corrected chi connectivity index (χ3v) is 3.04. The average molecular weight is 170 g/mol. The van der Waals surface area contributed by atoms with Crippen molar-refractivity contribution in [2.24, 2.45) is 10.8 Å². The SMILES string of the molecule is CC1(C)CCCC(C)(CO)C1=O. The zero-order chi connectivity index (χ0) is 9.41. The Bertz CT molecular complexity index is 196. The van der Waals surface area contributed by atoms with E-state index < -0.39 is 5.41 Å². The molecule has 0 amide bonds. The molecule has 0 aromatic rings. The average Bonchev–Trinajstić information content (AvgIpc) is 2.00. The maximum absolute atomic E-state index is 11.8. The molecule has 1 atom stereocenters. The minimum atomic E-state index is -0.470. The molecular formula is C10H18O2. The Morgan fingerprint density at radius 2 is 1.92 bits per heavy atom. The summed E-state index contributed by atoms with van der Waals surface area (Å²) in [5, 5.41) is 9.13. The first-order chi connectivity index (χ1) is 5.42. The van der Waals surface area contributed by atoms with Crippen molar-refractivity contribution in [3.05, 3.63) is 0 Å². The summed E-state index contributed by atoms with van der Waals surface area (Å²) in [6.07, 6.45) is 2.85. The molecule has 0 heterocycles. The van der Waals surface area contributed by atoms with E-state index in [1.54, 1.807) is 0 Å². The first-order valence-electron chi connectivity index (χ1n) is 4.58. The molecule has 1 N–H and O–H groups in total. The van der Waals surface area contributed by atoms with E-state index in [-0.39, 0.29) is 17.8 Å². The molecule has 1 aliphatic carbocycles. The molecule has 12 heavy (non-hydrogen) atoms. The van der Waals surface area contributed by atoms with Crippen LogP contribution in [0.25, 0.3) is 0 Å². The van der Waals surface area contributed by atoms with Gasteiger partial charge in [-0.15, -0.1) is 0 Å². The van der Waals surface area contributed by atoms with Gasteiger partial charge in [-0.3, -0.25) is 4.79 Å². The van der Waals surface area contributed by atoms with Crippen LogP contribution in [-0.2, 0) is 4.79 Å². The Labute approximate surface area is 74.0 Å². The molecule has 0 radical (unpaired) electrons. The lowest BCUT2D eigenvalue weighted by Crippen LogP contribution is -2.44. The molecular weight excluding hydrogens is 152 g/mol. The van der Waals surface area contributed by atoms with Gasteiger partial charge in [0.2, 0.25) is 0 Å². The van der Waals surface area contributed by atoms with Crippen molar-refractivity contribution in [1.82, 2.24) is 0 Å². The van der Waals surface area contributed by atoms with E-state index in [1.807, 2.05) is 20.8 Å². The van der Waals surface area contributed by atoms with Gasteiger partial charge in [-0.25, -0.2) is 0 Å². The van der Waals surface area contributed by atoms with Crippen molar-refractivity contribution >= 4 is 5.78 Å². The van der Waals surface area contributed by atoms with Crippen molar-refractivity contribution in [2.75, 3.05) is 6.61 Å². The number of aliphatic hydroxyl groups excluding tert-OH is 1. The molecule has 0 aromatic heterocycles. The molecule has 2 heteroatoms. The van der Waals surface area contributed by atoms with Crippen molar-refractivity contribution in [1.29, 1.82) is 0 Å². The lowest BCUT2D eigenvalue weighted by atomic mass is 9.64. The number of ketones is 1. The number of carbonyl (C=O) groups is 1. The van der Waals surface area contributed by atoms with Gasteiger partial charge in [0.1, 0.15) is 5.78 Å². The van der Waals surface area contributed by atoms with E-state index in [2.05, 4.69) is 0 Å². The van der Waals surface area contributed by atoms with E-state index in [0.717, 1.165) is 19.3 Å². The highest BCUT2D eigenvalue weighted by Gasteiger charge is 2.44. The van der Waals surface area contributed by atoms with Crippen LogP contribution >= 0.6 is 0 Å². The molecule has 0 saturated heterocycles. The highest BCUT2D eigenvalue weighted by molar-refractivity contribution is 5.90. The molecule has 1 saturated carbocycles. The van der Waals surface area contributed by atoms with E-state index in [9.17, 15) is 4.79 Å². The number of hydrogen-bond donors (Lipinski definition) is 1. The van der Waals surface area contributed by atoms with Gasteiger partial charge in [0.15, 0.2) is 0 Å². The van der Waals surface area contributed by atoms with Crippen LogP contribution in [0.3, 0.4) is 0 Å². The molecule has 0 bridgehead atoms. The van der Waals surface area contributed by atoms with Crippen molar-refractivity contribution < 1.29 is 9.90 Å². The highest BCUT2D eigenvalue weighted by atomic mass is 16.3. The van der Waals surface area contributed by atoms with E-state index in [4.69, 9.17) is 5.11 Å². The molecule has 0 aromatic carbocycles. The van der Waals surface area contributed by atoms with Gasteiger partial charge in [-0.1, -0.05) is 27.2 Å². The predicted octanol–water partition coefficient (Wildman–Crippen LogP) is 1.76. The maximum atomic E-state index is 11.8. The monoisotopic (exact) mass is 170 g/mol. The standard InChI is InChI=1S/C10H18O2/c1-9(2)5-4-6-10(3,7-11)8(9)12/h11H,4-7H2,1-3H3. The summed E-state index contributed by atoms with van der Waals surface area (Å²) in [5.74, 6) is 0.226. The fraction of sp³-hybridized carbons (Fsp3) is 0.900. The fourth-order valence-electron chi connectivity index (χ4n) is 2.12. The van der Waals surface area contributed by atoms with Crippen LogP contribution < -0.4 is 0 Å².